The Kier molecular flexibility index (Phi) is 6.44. The zero-order valence-corrected chi connectivity index (χ0v) is 14.9. The Labute approximate surface area is 147 Å². The smallest absolute Gasteiger partial charge is 0.256 e. The Hall–Kier alpha value is -2.27. The molecule has 2 aromatic rings. The van der Waals surface area contributed by atoms with Crippen molar-refractivity contribution in [1.82, 2.24) is 5.32 Å². The molecule has 0 bridgehead atoms. The van der Waals surface area contributed by atoms with E-state index in [1.165, 1.54) is 11.8 Å². The highest BCUT2D eigenvalue weighted by atomic mass is 32.2. The van der Waals surface area contributed by atoms with Gasteiger partial charge in [-0.3, -0.25) is 9.59 Å². The third-order valence-corrected chi connectivity index (χ3v) is 4.32. The molecule has 0 radical (unpaired) electrons. The predicted octanol–water partition coefficient (Wildman–Crippen LogP) is 3.86. The van der Waals surface area contributed by atoms with Crippen LogP contribution in [0.4, 0.5) is 5.69 Å². The summed E-state index contributed by atoms with van der Waals surface area (Å²) in [6.45, 7) is 5.84. The monoisotopic (exact) mass is 342 g/mol. The predicted molar refractivity (Wildman–Crippen MR) is 99.6 cm³/mol. The lowest BCUT2D eigenvalue weighted by atomic mass is 10.2. The summed E-state index contributed by atoms with van der Waals surface area (Å²) in [7, 11) is 0. The fraction of sp³-hybridized carbons (Fsp3) is 0.263. The molecule has 5 heteroatoms. The molecule has 2 N–H and O–H groups in total. The fourth-order valence-electron chi connectivity index (χ4n) is 2.12. The molecule has 0 aromatic heterocycles. The van der Waals surface area contributed by atoms with Gasteiger partial charge in [-0.15, -0.1) is 11.8 Å². The second-order valence-corrected chi connectivity index (χ2v) is 6.84. The van der Waals surface area contributed by atoms with E-state index in [4.69, 9.17) is 0 Å². The first-order valence-electron chi connectivity index (χ1n) is 7.85. The number of aryl methyl sites for hydroxylation is 1. The Balaban J connectivity index is 2.05. The van der Waals surface area contributed by atoms with Crippen molar-refractivity contribution in [3.05, 3.63) is 59.7 Å². The van der Waals surface area contributed by atoms with Gasteiger partial charge in [0.2, 0.25) is 5.91 Å². The topological polar surface area (TPSA) is 58.2 Å². The number of rotatable bonds is 6. The summed E-state index contributed by atoms with van der Waals surface area (Å²) < 4.78 is 0. The minimum absolute atomic E-state index is 0.0382. The minimum Gasteiger partial charge on any atom is -0.353 e. The average Bonchev–Trinajstić information content (AvgIpc) is 2.54. The van der Waals surface area contributed by atoms with Gasteiger partial charge >= 0.3 is 0 Å². The molecule has 4 nitrogen and oxygen atoms in total. The summed E-state index contributed by atoms with van der Waals surface area (Å²) in [6.07, 6.45) is 0. The molecule has 0 unspecified atom stereocenters. The fourth-order valence-corrected chi connectivity index (χ4v) is 2.98. The number of hydrogen-bond acceptors (Lipinski definition) is 3. The normalized spacial score (nSPS) is 10.5. The zero-order chi connectivity index (χ0) is 17.5. The van der Waals surface area contributed by atoms with Gasteiger partial charge in [-0.05, 0) is 45.0 Å². The van der Waals surface area contributed by atoms with Gasteiger partial charge in [0.25, 0.3) is 5.91 Å². The maximum absolute atomic E-state index is 12.5. The van der Waals surface area contributed by atoms with E-state index in [-0.39, 0.29) is 23.6 Å². The zero-order valence-electron chi connectivity index (χ0n) is 14.1. The van der Waals surface area contributed by atoms with Crippen molar-refractivity contribution in [2.45, 2.75) is 31.7 Å². The van der Waals surface area contributed by atoms with Crippen LogP contribution < -0.4 is 10.6 Å². The highest BCUT2D eigenvalue weighted by molar-refractivity contribution is 8.00. The van der Waals surface area contributed by atoms with Gasteiger partial charge in [0.1, 0.15) is 0 Å². The van der Waals surface area contributed by atoms with Crippen LogP contribution in [0.1, 0.15) is 29.8 Å². The first kappa shape index (κ1) is 18.1. The number of carbonyl (C=O) groups excluding carboxylic acids is 2. The summed E-state index contributed by atoms with van der Waals surface area (Å²) in [5.41, 5.74) is 2.46. The van der Waals surface area contributed by atoms with E-state index < -0.39 is 0 Å². The molecule has 0 saturated carbocycles. The van der Waals surface area contributed by atoms with Crippen molar-refractivity contribution in [1.29, 1.82) is 0 Å². The molecule has 0 aliphatic rings. The van der Waals surface area contributed by atoms with E-state index in [9.17, 15) is 9.59 Å². The van der Waals surface area contributed by atoms with E-state index in [0.29, 0.717) is 5.56 Å². The van der Waals surface area contributed by atoms with Crippen LogP contribution in [0.25, 0.3) is 0 Å². The molecule has 2 aromatic carbocycles. The van der Waals surface area contributed by atoms with E-state index in [2.05, 4.69) is 10.6 Å². The number of nitrogens with one attached hydrogen (secondary N) is 2. The van der Waals surface area contributed by atoms with Gasteiger partial charge in [0, 0.05) is 16.6 Å². The molecule has 0 aliphatic heterocycles. The Morgan fingerprint density at radius 2 is 1.71 bits per heavy atom. The van der Waals surface area contributed by atoms with Crippen LogP contribution in [0, 0.1) is 6.92 Å². The number of amides is 2. The third-order valence-electron chi connectivity index (χ3n) is 3.25. The van der Waals surface area contributed by atoms with Crippen LogP contribution in [-0.2, 0) is 4.79 Å². The van der Waals surface area contributed by atoms with Crippen molar-refractivity contribution < 1.29 is 9.59 Å². The van der Waals surface area contributed by atoms with Crippen LogP contribution in [0.5, 0.6) is 0 Å². The number of hydrogen-bond donors (Lipinski definition) is 2. The van der Waals surface area contributed by atoms with Crippen LogP contribution in [0.3, 0.4) is 0 Å². The molecule has 126 valence electrons. The van der Waals surface area contributed by atoms with Gasteiger partial charge in [0.05, 0.1) is 11.3 Å². The van der Waals surface area contributed by atoms with Crippen molar-refractivity contribution in [2.24, 2.45) is 0 Å². The minimum atomic E-state index is -0.175. The number of carbonyl (C=O) groups is 2. The van der Waals surface area contributed by atoms with Crippen LogP contribution in [0.15, 0.2) is 53.4 Å². The maximum Gasteiger partial charge on any atom is 0.256 e. The first-order chi connectivity index (χ1) is 11.5. The Morgan fingerprint density at radius 3 is 2.38 bits per heavy atom. The van der Waals surface area contributed by atoms with Crippen molar-refractivity contribution in [3.63, 3.8) is 0 Å². The lowest BCUT2D eigenvalue weighted by molar-refractivity contribution is -0.119. The van der Waals surface area contributed by atoms with E-state index in [1.54, 1.807) is 6.07 Å². The molecular formula is C19H22N2O2S. The molecule has 2 rings (SSSR count). The van der Waals surface area contributed by atoms with E-state index in [1.807, 2.05) is 63.2 Å². The SMILES string of the molecule is Cc1ccc(NC(=O)c2ccccc2SCC(=O)NC(C)C)cc1. The van der Waals surface area contributed by atoms with Crippen molar-refractivity contribution >= 4 is 29.3 Å². The highest BCUT2D eigenvalue weighted by Crippen LogP contribution is 2.23. The van der Waals surface area contributed by atoms with Crippen LogP contribution >= 0.6 is 11.8 Å². The van der Waals surface area contributed by atoms with Crippen molar-refractivity contribution in [2.75, 3.05) is 11.1 Å². The molecule has 0 atom stereocenters. The second kappa shape index (κ2) is 8.55. The first-order valence-corrected chi connectivity index (χ1v) is 8.83. The van der Waals surface area contributed by atoms with Gasteiger partial charge in [0.15, 0.2) is 0 Å². The molecule has 0 heterocycles. The lowest BCUT2D eigenvalue weighted by Crippen LogP contribution is -2.31. The molecule has 24 heavy (non-hydrogen) atoms. The number of thioether (sulfide) groups is 1. The van der Waals surface area contributed by atoms with E-state index in [0.717, 1.165) is 16.1 Å². The standard InChI is InChI=1S/C19H22N2O2S/c1-13(2)20-18(22)12-24-17-7-5-4-6-16(17)19(23)21-15-10-8-14(3)9-11-15/h4-11,13H,12H2,1-3H3,(H,20,22)(H,21,23). The summed E-state index contributed by atoms with van der Waals surface area (Å²) in [4.78, 5) is 25.1. The van der Waals surface area contributed by atoms with Gasteiger partial charge in [-0.2, -0.15) is 0 Å². The highest BCUT2D eigenvalue weighted by Gasteiger charge is 2.13. The van der Waals surface area contributed by atoms with Crippen LogP contribution in [0.2, 0.25) is 0 Å². The van der Waals surface area contributed by atoms with Gasteiger partial charge in [-0.1, -0.05) is 29.8 Å². The Bertz CT molecular complexity index is 712. The summed E-state index contributed by atoms with van der Waals surface area (Å²) in [6, 6.07) is 15.1. The largest absolute Gasteiger partial charge is 0.353 e. The third kappa shape index (κ3) is 5.42. The maximum atomic E-state index is 12.5. The van der Waals surface area contributed by atoms with Crippen molar-refractivity contribution in [3.8, 4) is 0 Å². The molecule has 0 spiro atoms. The second-order valence-electron chi connectivity index (χ2n) is 5.83. The summed E-state index contributed by atoms with van der Waals surface area (Å²) in [5.74, 6) is 0.0717. The Morgan fingerprint density at radius 1 is 1.04 bits per heavy atom. The van der Waals surface area contributed by atoms with Gasteiger partial charge in [-0.25, -0.2) is 0 Å². The molecule has 2 amide bonds. The lowest BCUT2D eigenvalue weighted by Gasteiger charge is -2.11. The summed E-state index contributed by atoms with van der Waals surface area (Å²) >= 11 is 1.37. The average molecular weight is 342 g/mol. The summed E-state index contributed by atoms with van der Waals surface area (Å²) in [5, 5.41) is 5.74. The molecule has 0 aliphatic carbocycles. The molecule has 0 fully saturated rings. The van der Waals surface area contributed by atoms with E-state index >= 15 is 0 Å². The number of anilines is 1. The van der Waals surface area contributed by atoms with Gasteiger partial charge < -0.3 is 10.6 Å². The molecule has 0 saturated heterocycles. The molecular weight excluding hydrogens is 320 g/mol. The quantitative estimate of drug-likeness (QED) is 0.784. The number of benzene rings is 2. The van der Waals surface area contributed by atoms with Crippen LogP contribution in [-0.4, -0.2) is 23.6 Å².